The smallest absolute Gasteiger partial charge is 0.321 e. The van der Waals surface area contributed by atoms with Crippen LogP contribution in [-0.4, -0.2) is 36.5 Å². The molecule has 1 aliphatic heterocycles. The van der Waals surface area contributed by atoms with Crippen molar-refractivity contribution in [3.05, 3.63) is 88.4 Å². The van der Waals surface area contributed by atoms with Crippen LogP contribution in [0.1, 0.15) is 24.3 Å². The third kappa shape index (κ3) is 6.22. The summed E-state index contributed by atoms with van der Waals surface area (Å²) in [5.74, 6) is 0.256. The molecule has 4 rings (SSSR count). The predicted molar refractivity (Wildman–Crippen MR) is 139 cm³/mol. The van der Waals surface area contributed by atoms with E-state index in [1.54, 1.807) is 23.1 Å². The van der Waals surface area contributed by atoms with Gasteiger partial charge in [-0.15, -0.1) is 0 Å². The van der Waals surface area contributed by atoms with E-state index in [4.69, 9.17) is 23.2 Å². The van der Waals surface area contributed by atoms with Gasteiger partial charge in [-0.3, -0.25) is 4.79 Å². The van der Waals surface area contributed by atoms with Gasteiger partial charge in [-0.25, -0.2) is 4.79 Å². The number of anilines is 3. The summed E-state index contributed by atoms with van der Waals surface area (Å²) in [5.41, 5.74) is 3.31. The van der Waals surface area contributed by atoms with E-state index in [-0.39, 0.29) is 18.5 Å². The van der Waals surface area contributed by atoms with Crippen molar-refractivity contribution in [1.29, 1.82) is 0 Å². The maximum atomic E-state index is 12.7. The number of piperidine rings is 1. The van der Waals surface area contributed by atoms with E-state index in [0.717, 1.165) is 24.2 Å². The molecular weight excluding hydrogens is 471 g/mol. The number of nitrogens with zero attached hydrogens (tertiary/aromatic N) is 1. The second kappa shape index (κ2) is 11.3. The molecule has 3 N–H and O–H groups in total. The number of nitrogens with one attached hydrogen (secondary N) is 3. The van der Waals surface area contributed by atoms with E-state index in [2.05, 4.69) is 16.0 Å². The molecule has 3 aromatic rings. The molecule has 0 atom stereocenters. The molecular formula is C26H26Cl2N4O2. The number of likely N-dealkylation sites (tertiary alicyclic amines) is 1. The maximum absolute atomic E-state index is 12.7. The van der Waals surface area contributed by atoms with Crippen molar-refractivity contribution in [1.82, 2.24) is 4.90 Å². The SMILES string of the molecule is O=C(CNc1ccccc1)Nc1ccc(C2CCN(C(=O)Nc3c(Cl)cccc3Cl)CC2)cc1. The van der Waals surface area contributed by atoms with Gasteiger partial charge in [0.05, 0.1) is 22.3 Å². The van der Waals surface area contributed by atoms with Gasteiger partial charge in [0, 0.05) is 24.5 Å². The quantitative estimate of drug-likeness (QED) is 0.366. The highest BCUT2D eigenvalue weighted by atomic mass is 35.5. The van der Waals surface area contributed by atoms with Crippen LogP contribution >= 0.6 is 23.2 Å². The van der Waals surface area contributed by atoms with Crippen LogP contribution in [-0.2, 0) is 4.79 Å². The fourth-order valence-corrected chi connectivity index (χ4v) is 4.49. The maximum Gasteiger partial charge on any atom is 0.321 e. The third-order valence-corrected chi connectivity index (χ3v) is 6.50. The van der Waals surface area contributed by atoms with Crippen LogP contribution in [0.15, 0.2) is 72.8 Å². The zero-order valence-electron chi connectivity index (χ0n) is 18.6. The number of benzene rings is 3. The number of amides is 3. The van der Waals surface area contributed by atoms with Crippen molar-refractivity contribution >= 4 is 52.2 Å². The summed E-state index contributed by atoms with van der Waals surface area (Å²) in [6, 6.07) is 22.5. The van der Waals surface area contributed by atoms with Gasteiger partial charge in [-0.2, -0.15) is 0 Å². The summed E-state index contributed by atoms with van der Waals surface area (Å²) >= 11 is 12.3. The Morgan fingerprint density at radius 3 is 2.09 bits per heavy atom. The number of carbonyl (C=O) groups excluding carboxylic acids is 2. The van der Waals surface area contributed by atoms with Crippen molar-refractivity contribution in [3.8, 4) is 0 Å². The number of para-hydroxylation sites is 2. The number of halogens is 2. The van der Waals surface area contributed by atoms with E-state index in [1.165, 1.54) is 5.56 Å². The van der Waals surface area contributed by atoms with Crippen LogP contribution in [0, 0.1) is 0 Å². The number of rotatable bonds is 6. The Morgan fingerprint density at radius 2 is 1.44 bits per heavy atom. The first-order chi connectivity index (χ1) is 16.5. The van der Waals surface area contributed by atoms with Gasteiger partial charge in [0.1, 0.15) is 0 Å². The molecule has 0 spiro atoms. The highest BCUT2D eigenvalue weighted by Gasteiger charge is 2.24. The predicted octanol–water partition coefficient (Wildman–Crippen LogP) is 6.46. The Kier molecular flexibility index (Phi) is 7.93. The van der Waals surface area contributed by atoms with Crippen LogP contribution < -0.4 is 16.0 Å². The van der Waals surface area contributed by atoms with Crippen molar-refractivity contribution in [3.63, 3.8) is 0 Å². The van der Waals surface area contributed by atoms with Crippen molar-refractivity contribution in [2.75, 3.05) is 35.6 Å². The summed E-state index contributed by atoms with van der Waals surface area (Å²) < 4.78 is 0. The minimum atomic E-state index is -0.198. The number of hydrogen-bond acceptors (Lipinski definition) is 3. The molecule has 1 fully saturated rings. The molecule has 1 saturated heterocycles. The van der Waals surface area contributed by atoms with Gasteiger partial charge < -0.3 is 20.9 Å². The fraction of sp³-hybridized carbons (Fsp3) is 0.231. The lowest BCUT2D eigenvalue weighted by Crippen LogP contribution is -2.40. The van der Waals surface area contributed by atoms with Gasteiger partial charge in [-0.05, 0) is 60.7 Å². The monoisotopic (exact) mass is 496 g/mol. The van der Waals surface area contributed by atoms with Gasteiger partial charge in [0.2, 0.25) is 5.91 Å². The summed E-state index contributed by atoms with van der Waals surface area (Å²) in [4.78, 5) is 26.7. The van der Waals surface area contributed by atoms with Crippen LogP contribution in [0.2, 0.25) is 10.0 Å². The first kappa shape index (κ1) is 23.9. The molecule has 1 heterocycles. The van der Waals surface area contributed by atoms with Gasteiger partial charge in [0.25, 0.3) is 0 Å². The lowest BCUT2D eigenvalue weighted by molar-refractivity contribution is -0.114. The molecule has 0 aromatic heterocycles. The van der Waals surface area contributed by atoms with E-state index in [0.29, 0.717) is 34.7 Å². The number of carbonyl (C=O) groups is 2. The van der Waals surface area contributed by atoms with E-state index in [9.17, 15) is 9.59 Å². The third-order valence-electron chi connectivity index (χ3n) is 5.87. The summed E-state index contributed by atoms with van der Waals surface area (Å²) in [6.07, 6.45) is 1.72. The minimum Gasteiger partial charge on any atom is -0.376 e. The molecule has 6 nitrogen and oxygen atoms in total. The Hall–Kier alpha value is -3.22. The van der Waals surface area contributed by atoms with E-state index < -0.39 is 0 Å². The fourth-order valence-electron chi connectivity index (χ4n) is 4.00. The van der Waals surface area contributed by atoms with Crippen LogP contribution in [0.5, 0.6) is 0 Å². The lowest BCUT2D eigenvalue weighted by atomic mass is 9.89. The van der Waals surface area contributed by atoms with Crippen LogP contribution in [0.25, 0.3) is 0 Å². The Bertz CT molecular complexity index is 1110. The normalized spacial score (nSPS) is 13.9. The van der Waals surface area contributed by atoms with E-state index in [1.807, 2.05) is 54.6 Å². The molecule has 0 radical (unpaired) electrons. The average Bonchev–Trinajstić information content (AvgIpc) is 2.86. The molecule has 0 unspecified atom stereocenters. The van der Waals surface area contributed by atoms with Gasteiger partial charge in [0.15, 0.2) is 0 Å². The molecule has 176 valence electrons. The molecule has 3 amide bonds. The molecule has 0 aliphatic carbocycles. The highest BCUT2D eigenvalue weighted by molar-refractivity contribution is 6.39. The lowest BCUT2D eigenvalue weighted by Gasteiger charge is -2.32. The molecule has 1 aliphatic rings. The largest absolute Gasteiger partial charge is 0.376 e. The van der Waals surface area contributed by atoms with Crippen molar-refractivity contribution < 1.29 is 9.59 Å². The molecule has 34 heavy (non-hydrogen) atoms. The minimum absolute atomic E-state index is 0.102. The Labute approximate surface area is 209 Å². The van der Waals surface area contributed by atoms with E-state index >= 15 is 0 Å². The zero-order chi connectivity index (χ0) is 23.9. The Morgan fingerprint density at radius 1 is 0.794 bits per heavy atom. The topological polar surface area (TPSA) is 73.5 Å². The average molecular weight is 497 g/mol. The van der Waals surface area contributed by atoms with Gasteiger partial charge >= 0.3 is 6.03 Å². The van der Waals surface area contributed by atoms with Crippen molar-refractivity contribution in [2.24, 2.45) is 0 Å². The van der Waals surface area contributed by atoms with Crippen LogP contribution in [0.3, 0.4) is 0 Å². The molecule has 3 aromatic carbocycles. The van der Waals surface area contributed by atoms with Crippen LogP contribution in [0.4, 0.5) is 21.9 Å². The first-order valence-corrected chi connectivity index (χ1v) is 11.9. The summed E-state index contributed by atoms with van der Waals surface area (Å²) in [6.45, 7) is 1.48. The highest BCUT2D eigenvalue weighted by Crippen LogP contribution is 2.32. The second-order valence-electron chi connectivity index (χ2n) is 8.18. The van der Waals surface area contributed by atoms with Crippen molar-refractivity contribution in [2.45, 2.75) is 18.8 Å². The first-order valence-electron chi connectivity index (χ1n) is 11.2. The second-order valence-corrected chi connectivity index (χ2v) is 8.99. The molecule has 8 heteroatoms. The van der Waals surface area contributed by atoms with Gasteiger partial charge in [-0.1, -0.05) is 59.6 Å². The molecule has 0 saturated carbocycles. The number of hydrogen-bond donors (Lipinski definition) is 3. The molecule has 0 bridgehead atoms. The zero-order valence-corrected chi connectivity index (χ0v) is 20.1. The summed E-state index contributed by atoms with van der Waals surface area (Å²) in [5, 5.41) is 9.67. The summed E-state index contributed by atoms with van der Waals surface area (Å²) in [7, 11) is 0. The Balaban J connectivity index is 1.25. The number of urea groups is 1. The standard InChI is InChI=1S/C26H26Cl2N4O2/c27-22-7-4-8-23(28)25(22)31-26(34)32-15-13-19(14-16-32)18-9-11-21(12-10-18)30-24(33)17-29-20-5-2-1-3-6-20/h1-12,19,29H,13-17H2,(H,30,33)(H,31,34).